The lowest BCUT2D eigenvalue weighted by Crippen LogP contribution is -1.94. The molecule has 100 valence electrons. The third kappa shape index (κ3) is 2.56. The Bertz CT molecular complexity index is 716. The SMILES string of the molecule is COCCc1cccc(-c2cccc3ccncc23)c1. The molecule has 2 aromatic carbocycles. The molecule has 0 N–H and O–H groups in total. The number of rotatable bonds is 4. The van der Waals surface area contributed by atoms with Crippen LogP contribution in [0.4, 0.5) is 0 Å². The second-order valence-electron chi connectivity index (χ2n) is 4.85. The van der Waals surface area contributed by atoms with Crippen LogP contribution in [0, 0.1) is 0 Å². The second kappa shape index (κ2) is 5.85. The average Bonchev–Trinajstić information content (AvgIpc) is 2.52. The van der Waals surface area contributed by atoms with E-state index in [-0.39, 0.29) is 0 Å². The van der Waals surface area contributed by atoms with Gasteiger partial charge in [0.2, 0.25) is 0 Å². The van der Waals surface area contributed by atoms with Crippen LogP contribution in [0.5, 0.6) is 0 Å². The Morgan fingerprint density at radius 2 is 1.95 bits per heavy atom. The summed E-state index contributed by atoms with van der Waals surface area (Å²) >= 11 is 0. The first kappa shape index (κ1) is 12.8. The predicted molar refractivity (Wildman–Crippen MR) is 82.8 cm³/mol. The normalized spacial score (nSPS) is 10.8. The summed E-state index contributed by atoms with van der Waals surface area (Å²) in [5, 5.41) is 2.42. The van der Waals surface area contributed by atoms with Crippen molar-refractivity contribution in [3.63, 3.8) is 0 Å². The van der Waals surface area contributed by atoms with Crippen LogP contribution in [0.2, 0.25) is 0 Å². The largest absolute Gasteiger partial charge is 0.384 e. The minimum atomic E-state index is 0.751. The van der Waals surface area contributed by atoms with Crippen LogP contribution < -0.4 is 0 Å². The molecule has 0 fully saturated rings. The monoisotopic (exact) mass is 263 g/mol. The maximum Gasteiger partial charge on any atom is 0.0502 e. The Morgan fingerprint density at radius 1 is 1.05 bits per heavy atom. The number of methoxy groups -OCH3 is 1. The van der Waals surface area contributed by atoms with E-state index in [0.29, 0.717) is 0 Å². The number of pyridine rings is 1. The van der Waals surface area contributed by atoms with E-state index in [2.05, 4.69) is 47.4 Å². The molecule has 0 radical (unpaired) electrons. The van der Waals surface area contributed by atoms with Crippen molar-refractivity contribution in [2.75, 3.05) is 13.7 Å². The quantitative estimate of drug-likeness (QED) is 0.707. The average molecular weight is 263 g/mol. The van der Waals surface area contributed by atoms with Gasteiger partial charge in [-0.1, -0.05) is 42.5 Å². The summed E-state index contributed by atoms with van der Waals surface area (Å²) in [5.74, 6) is 0. The second-order valence-corrected chi connectivity index (χ2v) is 4.85. The molecule has 0 saturated heterocycles. The molecule has 0 atom stereocenters. The first-order valence-electron chi connectivity index (χ1n) is 6.79. The molecule has 0 amide bonds. The zero-order valence-corrected chi connectivity index (χ0v) is 11.5. The van der Waals surface area contributed by atoms with Crippen molar-refractivity contribution in [3.05, 3.63) is 66.5 Å². The molecule has 2 nitrogen and oxygen atoms in total. The molecule has 0 spiro atoms. The summed E-state index contributed by atoms with van der Waals surface area (Å²) in [7, 11) is 1.74. The molecule has 20 heavy (non-hydrogen) atoms. The maximum atomic E-state index is 5.15. The standard InChI is InChI=1S/C18H17NO/c1-20-11-9-14-4-2-6-16(12-14)17-7-3-5-15-8-10-19-13-18(15)17/h2-8,10,12-13H,9,11H2,1H3. The van der Waals surface area contributed by atoms with Gasteiger partial charge in [0, 0.05) is 24.9 Å². The topological polar surface area (TPSA) is 22.1 Å². The van der Waals surface area contributed by atoms with Crippen molar-refractivity contribution in [2.24, 2.45) is 0 Å². The third-order valence-electron chi connectivity index (χ3n) is 3.52. The Morgan fingerprint density at radius 3 is 2.85 bits per heavy atom. The first-order valence-corrected chi connectivity index (χ1v) is 6.79. The van der Waals surface area contributed by atoms with Crippen molar-refractivity contribution >= 4 is 10.8 Å². The fourth-order valence-electron chi connectivity index (χ4n) is 2.48. The summed E-state index contributed by atoms with van der Waals surface area (Å²) in [6.07, 6.45) is 4.71. The number of hydrogen-bond acceptors (Lipinski definition) is 2. The fourth-order valence-corrected chi connectivity index (χ4v) is 2.48. The summed E-state index contributed by atoms with van der Waals surface area (Å²) in [6, 6.07) is 17.1. The van der Waals surface area contributed by atoms with Crippen LogP contribution >= 0.6 is 0 Å². The predicted octanol–water partition coefficient (Wildman–Crippen LogP) is 4.09. The highest BCUT2D eigenvalue weighted by atomic mass is 16.5. The van der Waals surface area contributed by atoms with E-state index in [1.165, 1.54) is 27.5 Å². The van der Waals surface area contributed by atoms with Crippen molar-refractivity contribution in [1.29, 1.82) is 0 Å². The van der Waals surface area contributed by atoms with Gasteiger partial charge in [-0.05, 0) is 34.6 Å². The van der Waals surface area contributed by atoms with E-state index in [4.69, 9.17) is 4.74 Å². The Labute approximate surface area is 119 Å². The van der Waals surface area contributed by atoms with Gasteiger partial charge in [0.1, 0.15) is 0 Å². The zero-order chi connectivity index (χ0) is 13.8. The van der Waals surface area contributed by atoms with E-state index in [9.17, 15) is 0 Å². The summed E-state index contributed by atoms with van der Waals surface area (Å²) < 4.78 is 5.15. The minimum absolute atomic E-state index is 0.751. The molecule has 0 aliphatic heterocycles. The Kier molecular flexibility index (Phi) is 3.75. The minimum Gasteiger partial charge on any atom is -0.384 e. The lowest BCUT2D eigenvalue weighted by Gasteiger charge is -2.08. The highest BCUT2D eigenvalue weighted by molar-refractivity contribution is 5.96. The van der Waals surface area contributed by atoms with Gasteiger partial charge in [0.05, 0.1) is 6.61 Å². The molecule has 1 heterocycles. The van der Waals surface area contributed by atoms with Gasteiger partial charge in [-0.3, -0.25) is 4.98 Å². The smallest absolute Gasteiger partial charge is 0.0502 e. The van der Waals surface area contributed by atoms with Gasteiger partial charge in [-0.2, -0.15) is 0 Å². The van der Waals surface area contributed by atoms with Crippen molar-refractivity contribution in [1.82, 2.24) is 4.98 Å². The van der Waals surface area contributed by atoms with Crippen LogP contribution in [-0.2, 0) is 11.2 Å². The van der Waals surface area contributed by atoms with Gasteiger partial charge in [0.15, 0.2) is 0 Å². The highest BCUT2D eigenvalue weighted by Crippen LogP contribution is 2.28. The number of benzene rings is 2. The Balaban J connectivity index is 2.06. The van der Waals surface area contributed by atoms with Crippen molar-refractivity contribution in [2.45, 2.75) is 6.42 Å². The van der Waals surface area contributed by atoms with Crippen LogP contribution in [0.25, 0.3) is 21.9 Å². The zero-order valence-electron chi connectivity index (χ0n) is 11.5. The number of fused-ring (bicyclic) bond motifs is 1. The van der Waals surface area contributed by atoms with Gasteiger partial charge >= 0.3 is 0 Å². The third-order valence-corrected chi connectivity index (χ3v) is 3.52. The van der Waals surface area contributed by atoms with E-state index in [1.54, 1.807) is 7.11 Å². The Hall–Kier alpha value is -2.19. The van der Waals surface area contributed by atoms with Crippen molar-refractivity contribution in [3.8, 4) is 11.1 Å². The van der Waals surface area contributed by atoms with Gasteiger partial charge in [0.25, 0.3) is 0 Å². The molecule has 0 aliphatic rings. The summed E-state index contributed by atoms with van der Waals surface area (Å²) in [6.45, 7) is 0.751. The molecular weight excluding hydrogens is 246 g/mol. The lowest BCUT2D eigenvalue weighted by molar-refractivity contribution is 0.202. The van der Waals surface area contributed by atoms with Gasteiger partial charge in [-0.25, -0.2) is 0 Å². The molecule has 0 saturated carbocycles. The van der Waals surface area contributed by atoms with E-state index in [0.717, 1.165) is 13.0 Å². The number of nitrogens with zero attached hydrogens (tertiary/aromatic N) is 1. The van der Waals surface area contributed by atoms with E-state index >= 15 is 0 Å². The van der Waals surface area contributed by atoms with Crippen LogP contribution in [0.15, 0.2) is 60.9 Å². The van der Waals surface area contributed by atoms with Crippen LogP contribution in [0.1, 0.15) is 5.56 Å². The van der Waals surface area contributed by atoms with E-state index < -0.39 is 0 Å². The highest BCUT2D eigenvalue weighted by Gasteiger charge is 2.04. The summed E-state index contributed by atoms with van der Waals surface area (Å²) in [5.41, 5.74) is 3.76. The molecule has 0 bridgehead atoms. The lowest BCUT2D eigenvalue weighted by atomic mass is 9.97. The molecule has 2 heteroatoms. The van der Waals surface area contributed by atoms with Crippen molar-refractivity contribution < 1.29 is 4.74 Å². The fraction of sp³-hybridized carbons (Fsp3) is 0.167. The van der Waals surface area contributed by atoms with E-state index in [1.807, 2.05) is 18.5 Å². The molecule has 0 aliphatic carbocycles. The molecule has 0 unspecified atom stereocenters. The van der Waals surface area contributed by atoms with Crippen LogP contribution in [0.3, 0.4) is 0 Å². The first-order chi connectivity index (χ1) is 9.88. The number of hydrogen-bond donors (Lipinski definition) is 0. The number of ether oxygens (including phenoxy) is 1. The van der Waals surface area contributed by atoms with Crippen LogP contribution in [-0.4, -0.2) is 18.7 Å². The summed E-state index contributed by atoms with van der Waals surface area (Å²) in [4.78, 5) is 4.25. The maximum absolute atomic E-state index is 5.15. The van der Waals surface area contributed by atoms with Gasteiger partial charge < -0.3 is 4.74 Å². The molecule has 3 aromatic rings. The molecular formula is C18H17NO. The van der Waals surface area contributed by atoms with Gasteiger partial charge in [-0.15, -0.1) is 0 Å². The molecule has 3 rings (SSSR count). The molecule has 1 aromatic heterocycles. The number of aromatic nitrogens is 1.